The highest BCUT2D eigenvalue weighted by molar-refractivity contribution is 5.78. The first-order valence-electron chi connectivity index (χ1n) is 7.02. The van der Waals surface area contributed by atoms with Crippen molar-refractivity contribution in [3.63, 3.8) is 0 Å². The highest BCUT2D eigenvalue weighted by atomic mass is 16.2. The minimum atomic E-state index is 0.181. The number of piperazine rings is 1. The predicted octanol–water partition coefficient (Wildman–Crippen LogP) is -0.624. The minimum absolute atomic E-state index is 0.181. The Morgan fingerprint density at radius 2 is 2.25 bits per heavy atom. The smallest absolute Gasteiger partial charge is 0.237 e. The molecule has 1 aliphatic heterocycles. The zero-order chi connectivity index (χ0) is 14.7. The van der Waals surface area contributed by atoms with Crippen LogP contribution in [0.2, 0.25) is 0 Å². The molecule has 112 valence electrons. The third-order valence-electron chi connectivity index (χ3n) is 3.82. The summed E-state index contributed by atoms with van der Waals surface area (Å²) in [4.78, 5) is 16.3. The quantitative estimate of drug-likeness (QED) is 0.796. The molecule has 1 N–H and O–H groups in total. The van der Waals surface area contributed by atoms with Crippen molar-refractivity contribution in [2.24, 2.45) is 7.05 Å². The number of hydrogen-bond acceptors (Lipinski definition) is 5. The predicted molar refractivity (Wildman–Crippen MR) is 76.1 cm³/mol. The van der Waals surface area contributed by atoms with E-state index in [0.29, 0.717) is 13.1 Å². The monoisotopic (exact) mass is 280 g/mol. The Kier molecular flexibility index (Phi) is 4.72. The second-order valence-corrected chi connectivity index (χ2v) is 5.54. The standard InChI is InChI=1S/C13H24N6O/c1-10-7-14-5-6-19(10)13(20)9-17(3)8-12-16-15-11(2)18(12)4/h10,14H,5-9H2,1-4H3/t10-/m0/s1. The second kappa shape index (κ2) is 6.32. The molecule has 0 bridgehead atoms. The molecule has 0 radical (unpaired) electrons. The number of carbonyl (C=O) groups excluding carboxylic acids is 1. The van der Waals surface area contributed by atoms with E-state index < -0.39 is 0 Å². The fourth-order valence-electron chi connectivity index (χ4n) is 2.42. The molecular formula is C13H24N6O. The molecule has 2 heterocycles. The van der Waals surface area contributed by atoms with E-state index in [0.717, 1.165) is 31.3 Å². The highest BCUT2D eigenvalue weighted by Crippen LogP contribution is 2.06. The first-order chi connectivity index (χ1) is 9.49. The van der Waals surface area contributed by atoms with Crippen molar-refractivity contribution in [1.82, 2.24) is 29.9 Å². The molecule has 1 amide bonds. The van der Waals surface area contributed by atoms with Gasteiger partial charge in [-0.1, -0.05) is 0 Å². The van der Waals surface area contributed by atoms with E-state index in [1.165, 1.54) is 0 Å². The Bertz CT molecular complexity index is 471. The van der Waals surface area contributed by atoms with Crippen LogP contribution in [0.5, 0.6) is 0 Å². The van der Waals surface area contributed by atoms with Crippen molar-refractivity contribution in [3.8, 4) is 0 Å². The molecule has 0 unspecified atom stereocenters. The van der Waals surface area contributed by atoms with Crippen LogP contribution < -0.4 is 5.32 Å². The van der Waals surface area contributed by atoms with Crippen LogP contribution in [0.15, 0.2) is 0 Å². The molecule has 2 rings (SSSR count). The van der Waals surface area contributed by atoms with Crippen molar-refractivity contribution in [1.29, 1.82) is 0 Å². The van der Waals surface area contributed by atoms with E-state index in [2.05, 4.69) is 22.4 Å². The summed E-state index contributed by atoms with van der Waals surface area (Å²) in [6.45, 7) is 7.58. The molecule has 7 heteroatoms. The summed E-state index contributed by atoms with van der Waals surface area (Å²) in [6.07, 6.45) is 0. The Morgan fingerprint density at radius 1 is 1.50 bits per heavy atom. The van der Waals surface area contributed by atoms with E-state index in [9.17, 15) is 4.79 Å². The maximum absolute atomic E-state index is 12.3. The summed E-state index contributed by atoms with van der Waals surface area (Å²) in [7, 11) is 3.88. The Labute approximate surface area is 119 Å². The number of hydrogen-bond donors (Lipinski definition) is 1. The number of nitrogens with zero attached hydrogens (tertiary/aromatic N) is 5. The van der Waals surface area contributed by atoms with Gasteiger partial charge in [0.2, 0.25) is 5.91 Å². The van der Waals surface area contributed by atoms with E-state index in [1.54, 1.807) is 0 Å². The van der Waals surface area contributed by atoms with Crippen molar-refractivity contribution in [2.45, 2.75) is 26.4 Å². The molecule has 1 aromatic rings. The van der Waals surface area contributed by atoms with Crippen molar-refractivity contribution in [3.05, 3.63) is 11.6 Å². The summed E-state index contributed by atoms with van der Waals surface area (Å²) in [5.74, 6) is 1.95. The van der Waals surface area contributed by atoms with Gasteiger partial charge < -0.3 is 14.8 Å². The van der Waals surface area contributed by atoms with Crippen molar-refractivity contribution >= 4 is 5.91 Å². The maximum Gasteiger partial charge on any atom is 0.237 e. The van der Waals surface area contributed by atoms with Crippen molar-refractivity contribution in [2.75, 3.05) is 33.2 Å². The fraction of sp³-hybridized carbons (Fsp3) is 0.769. The van der Waals surface area contributed by atoms with Gasteiger partial charge in [0, 0.05) is 32.7 Å². The van der Waals surface area contributed by atoms with Gasteiger partial charge in [0.25, 0.3) is 0 Å². The van der Waals surface area contributed by atoms with E-state index in [-0.39, 0.29) is 11.9 Å². The largest absolute Gasteiger partial charge is 0.336 e. The third-order valence-corrected chi connectivity index (χ3v) is 3.82. The number of nitrogens with one attached hydrogen (secondary N) is 1. The Morgan fingerprint density at radius 3 is 2.85 bits per heavy atom. The van der Waals surface area contributed by atoms with E-state index in [1.807, 2.05) is 35.4 Å². The lowest BCUT2D eigenvalue weighted by Gasteiger charge is -2.35. The van der Waals surface area contributed by atoms with Gasteiger partial charge in [-0.2, -0.15) is 0 Å². The van der Waals surface area contributed by atoms with Crippen LogP contribution in [0.1, 0.15) is 18.6 Å². The molecule has 0 aromatic carbocycles. The first kappa shape index (κ1) is 14.9. The van der Waals surface area contributed by atoms with Crippen LogP contribution >= 0.6 is 0 Å². The van der Waals surface area contributed by atoms with E-state index in [4.69, 9.17) is 0 Å². The average Bonchev–Trinajstić information content (AvgIpc) is 2.71. The normalized spacial score (nSPS) is 19.6. The molecular weight excluding hydrogens is 256 g/mol. The third kappa shape index (κ3) is 3.34. The van der Waals surface area contributed by atoms with Gasteiger partial charge in [0.05, 0.1) is 13.1 Å². The summed E-state index contributed by atoms with van der Waals surface area (Å²) in [5, 5.41) is 11.5. The van der Waals surface area contributed by atoms with E-state index >= 15 is 0 Å². The molecule has 1 fully saturated rings. The number of rotatable bonds is 4. The zero-order valence-electron chi connectivity index (χ0n) is 12.8. The molecule has 0 spiro atoms. The molecule has 0 saturated carbocycles. The molecule has 7 nitrogen and oxygen atoms in total. The van der Waals surface area contributed by atoms with Gasteiger partial charge in [-0.25, -0.2) is 0 Å². The van der Waals surface area contributed by atoms with Crippen LogP contribution in [0.3, 0.4) is 0 Å². The first-order valence-corrected chi connectivity index (χ1v) is 7.02. The van der Waals surface area contributed by atoms with Crippen LogP contribution in [0.4, 0.5) is 0 Å². The molecule has 20 heavy (non-hydrogen) atoms. The zero-order valence-corrected chi connectivity index (χ0v) is 12.8. The lowest BCUT2D eigenvalue weighted by atomic mass is 10.2. The fourth-order valence-corrected chi connectivity index (χ4v) is 2.42. The second-order valence-electron chi connectivity index (χ2n) is 5.54. The van der Waals surface area contributed by atoms with Crippen LogP contribution in [-0.2, 0) is 18.4 Å². The number of aryl methyl sites for hydroxylation is 1. The Hall–Kier alpha value is -1.47. The topological polar surface area (TPSA) is 66.3 Å². The Balaban J connectivity index is 1.89. The molecule has 1 atom stereocenters. The summed E-state index contributed by atoms with van der Waals surface area (Å²) in [6, 6.07) is 0.265. The molecule has 1 aromatic heterocycles. The lowest BCUT2D eigenvalue weighted by molar-refractivity contribution is -0.135. The summed E-state index contributed by atoms with van der Waals surface area (Å²) in [5.41, 5.74) is 0. The van der Waals surface area contributed by atoms with Gasteiger partial charge in [-0.3, -0.25) is 9.69 Å². The van der Waals surface area contributed by atoms with Crippen LogP contribution in [-0.4, -0.2) is 69.7 Å². The maximum atomic E-state index is 12.3. The van der Waals surface area contributed by atoms with Gasteiger partial charge in [-0.15, -0.1) is 10.2 Å². The molecule has 1 aliphatic rings. The number of likely N-dealkylation sites (N-methyl/N-ethyl adjacent to an activating group) is 1. The summed E-state index contributed by atoms with van der Waals surface area (Å²) < 4.78 is 1.95. The number of amides is 1. The van der Waals surface area contributed by atoms with Gasteiger partial charge in [0.15, 0.2) is 0 Å². The van der Waals surface area contributed by atoms with Gasteiger partial charge in [-0.05, 0) is 20.9 Å². The molecule has 1 saturated heterocycles. The summed E-state index contributed by atoms with van der Waals surface area (Å²) >= 11 is 0. The van der Waals surface area contributed by atoms with Gasteiger partial charge in [0.1, 0.15) is 11.6 Å². The number of aromatic nitrogens is 3. The number of carbonyl (C=O) groups is 1. The highest BCUT2D eigenvalue weighted by Gasteiger charge is 2.23. The molecule has 0 aliphatic carbocycles. The van der Waals surface area contributed by atoms with Crippen LogP contribution in [0.25, 0.3) is 0 Å². The van der Waals surface area contributed by atoms with Crippen molar-refractivity contribution < 1.29 is 4.79 Å². The van der Waals surface area contributed by atoms with Crippen LogP contribution in [0, 0.1) is 6.92 Å². The average molecular weight is 280 g/mol. The van der Waals surface area contributed by atoms with Gasteiger partial charge >= 0.3 is 0 Å². The SMILES string of the molecule is Cc1nnc(CN(C)CC(=O)N2CCNC[C@@H]2C)n1C. The lowest BCUT2D eigenvalue weighted by Crippen LogP contribution is -2.54. The minimum Gasteiger partial charge on any atom is -0.336 e.